The van der Waals surface area contributed by atoms with E-state index in [1.807, 2.05) is 13.8 Å². The first-order valence-electron chi connectivity index (χ1n) is 8.93. The van der Waals surface area contributed by atoms with E-state index in [0.29, 0.717) is 13.0 Å². The van der Waals surface area contributed by atoms with Gasteiger partial charge in [-0.2, -0.15) is 0 Å². The fourth-order valence-corrected chi connectivity index (χ4v) is 3.19. The topological polar surface area (TPSA) is 128 Å². The zero-order valence-corrected chi connectivity index (χ0v) is 16.1. The summed E-state index contributed by atoms with van der Waals surface area (Å²) in [5, 5.41) is 14.4. The molecular weight excluding hydrogens is 338 g/mol. The minimum absolute atomic E-state index is 0.0143. The van der Waals surface area contributed by atoms with Gasteiger partial charge < -0.3 is 25.4 Å². The van der Waals surface area contributed by atoms with E-state index in [1.165, 1.54) is 0 Å². The number of aromatic nitrogens is 1. The molecule has 1 aliphatic rings. The van der Waals surface area contributed by atoms with Crippen molar-refractivity contribution in [3.63, 3.8) is 0 Å². The normalized spacial score (nSPS) is 22.3. The number of carbonyl (C=O) groups is 2. The van der Waals surface area contributed by atoms with Crippen molar-refractivity contribution in [3.8, 4) is 0 Å². The molecule has 3 atom stereocenters. The maximum absolute atomic E-state index is 12.2. The number of methoxy groups -OCH3 is 1. The molecule has 0 bridgehead atoms. The highest BCUT2D eigenvalue weighted by atomic mass is 16.5. The second-order valence-corrected chi connectivity index (χ2v) is 6.66. The number of rotatable bonds is 6. The first-order valence-corrected chi connectivity index (χ1v) is 8.93. The molecule has 0 unspecified atom stereocenters. The predicted molar refractivity (Wildman–Crippen MR) is 96.7 cm³/mol. The van der Waals surface area contributed by atoms with Crippen LogP contribution in [0.1, 0.15) is 49.6 Å². The molecule has 1 amide bonds. The van der Waals surface area contributed by atoms with Gasteiger partial charge in [-0.25, -0.2) is 0 Å². The van der Waals surface area contributed by atoms with Gasteiger partial charge in [-0.15, -0.1) is 0 Å². The monoisotopic (exact) mass is 369 g/mol. The Kier molecular flexibility index (Phi) is 9.29. The maximum Gasteiger partial charge on any atom is 0.300 e. The van der Waals surface area contributed by atoms with Gasteiger partial charge in [0.25, 0.3) is 5.97 Å². The number of carboxylic acids is 1. The van der Waals surface area contributed by atoms with Crippen molar-refractivity contribution >= 4 is 11.9 Å². The van der Waals surface area contributed by atoms with Gasteiger partial charge >= 0.3 is 0 Å². The smallest absolute Gasteiger partial charge is 0.300 e. The lowest BCUT2D eigenvalue weighted by Crippen LogP contribution is -2.45. The highest BCUT2D eigenvalue weighted by molar-refractivity contribution is 5.78. The summed E-state index contributed by atoms with van der Waals surface area (Å²) in [4.78, 5) is 21.2. The SMILES string of the molecule is CC(=O)O.CO[C@@H]1CC[C@H](C(=O)NCCCc2c(C)noc2C)C[C@H]1N. The predicted octanol–water partition coefficient (Wildman–Crippen LogP) is 1.57. The second-order valence-electron chi connectivity index (χ2n) is 6.66. The molecule has 2 rings (SSSR count). The average molecular weight is 369 g/mol. The fraction of sp³-hybridized carbons (Fsp3) is 0.722. The summed E-state index contributed by atoms with van der Waals surface area (Å²) in [6, 6.07) is -0.0446. The summed E-state index contributed by atoms with van der Waals surface area (Å²) in [5.74, 6) is 0.164. The van der Waals surface area contributed by atoms with Gasteiger partial charge in [0.05, 0.1) is 11.8 Å². The number of nitrogens with one attached hydrogen (secondary N) is 1. The van der Waals surface area contributed by atoms with Crippen molar-refractivity contribution < 1.29 is 24.0 Å². The van der Waals surface area contributed by atoms with Gasteiger partial charge in [-0.1, -0.05) is 5.16 Å². The van der Waals surface area contributed by atoms with Crippen LogP contribution in [-0.4, -0.2) is 47.9 Å². The van der Waals surface area contributed by atoms with Crippen molar-refractivity contribution in [2.24, 2.45) is 11.7 Å². The van der Waals surface area contributed by atoms with Crippen LogP contribution in [0.15, 0.2) is 4.52 Å². The number of nitrogens with zero attached hydrogens (tertiary/aromatic N) is 1. The van der Waals surface area contributed by atoms with Crippen LogP contribution in [0.4, 0.5) is 0 Å². The molecule has 0 aromatic carbocycles. The third kappa shape index (κ3) is 7.13. The van der Waals surface area contributed by atoms with Gasteiger partial charge in [0.15, 0.2) is 0 Å². The average Bonchev–Trinajstić information content (AvgIpc) is 2.89. The van der Waals surface area contributed by atoms with Crippen molar-refractivity contribution in [2.45, 2.75) is 65.0 Å². The Bertz CT molecular complexity index is 564. The van der Waals surface area contributed by atoms with E-state index in [0.717, 1.165) is 49.6 Å². The lowest BCUT2D eigenvalue weighted by molar-refractivity contribution is -0.134. The van der Waals surface area contributed by atoms with Crippen molar-refractivity contribution in [1.29, 1.82) is 0 Å². The molecule has 1 fully saturated rings. The first kappa shape index (κ1) is 22.1. The van der Waals surface area contributed by atoms with Gasteiger partial charge in [-0.05, 0) is 46.0 Å². The van der Waals surface area contributed by atoms with Crippen LogP contribution in [-0.2, 0) is 20.7 Å². The number of nitrogens with two attached hydrogens (primary N) is 1. The standard InChI is InChI=1S/C16H27N3O3.C2H4O2/c1-10-13(11(2)22-19-10)5-4-8-18-16(20)12-6-7-15(21-3)14(17)9-12;1-2(3)4/h12,14-15H,4-9,17H2,1-3H3,(H,18,20);1H3,(H,3,4)/t12-,14+,15+;/m0./s1. The largest absolute Gasteiger partial charge is 0.481 e. The number of ether oxygens (including phenoxy) is 1. The third-order valence-electron chi connectivity index (χ3n) is 4.59. The van der Waals surface area contributed by atoms with E-state index in [1.54, 1.807) is 7.11 Å². The summed E-state index contributed by atoms with van der Waals surface area (Å²) in [6.45, 7) is 5.62. The summed E-state index contributed by atoms with van der Waals surface area (Å²) >= 11 is 0. The van der Waals surface area contributed by atoms with Crippen molar-refractivity contribution in [3.05, 3.63) is 17.0 Å². The molecular formula is C18H31N3O5. The van der Waals surface area contributed by atoms with Crippen LogP contribution < -0.4 is 11.1 Å². The molecule has 4 N–H and O–H groups in total. The number of carbonyl (C=O) groups excluding carboxylic acids is 1. The molecule has 8 nitrogen and oxygen atoms in total. The van der Waals surface area contributed by atoms with Gasteiger partial charge in [0, 0.05) is 38.1 Å². The minimum atomic E-state index is -0.833. The van der Waals surface area contributed by atoms with E-state index in [9.17, 15) is 4.79 Å². The fourth-order valence-electron chi connectivity index (χ4n) is 3.19. The Morgan fingerprint density at radius 3 is 2.54 bits per heavy atom. The molecule has 0 spiro atoms. The first-order chi connectivity index (χ1) is 12.3. The highest BCUT2D eigenvalue weighted by Gasteiger charge is 2.31. The Morgan fingerprint density at radius 2 is 2.04 bits per heavy atom. The van der Waals surface area contributed by atoms with Gasteiger partial charge in [0.2, 0.25) is 5.91 Å². The summed E-state index contributed by atoms with van der Waals surface area (Å²) in [7, 11) is 1.68. The number of amides is 1. The molecule has 0 radical (unpaired) electrons. The molecule has 1 aromatic heterocycles. The molecule has 1 heterocycles. The lowest BCUT2D eigenvalue weighted by atomic mass is 9.83. The molecule has 1 aliphatic carbocycles. The molecule has 148 valence electrons. The van der Waals surface area contributed by atoms with Gasteiger partial charge in [-0.3, -0.25) is 9.59 Å². The number of hydrogen-bond donors (Lipinski definition) is 3. The number of aliphatic carboxylic acids is 1. The minimum Gasteiger partial charge on any atom is -0.481 e. The number of hydrogen-bond acceptors (Lipinski definition) is 6. The molecule has 1 aromatic rings. The van der Waals surface area contributed by atoms with Crippen LogP contribution in [0.25, 0.3) is 0 Å². The van der Waals surface area contributed by atoms with Crippen LogP contribution in [0, 0.1) is 19.8 Å². The Balaban J connectivity index is 0.000000765. The molecule has 0 saturated heterocycles. The lowest BCUT2D eigenvalue weighted by Gasteiger charge is -2.32. The van der Waals surface area contributed by atoms with Crippen molar-refractivity contribution in [1.82, 2.24) is 10.5 Å². The van der Waals surface area contributed by atoms with Crippen LogP contribution in [0.5, 0.6) is 0 Å². The molecule has 0 aliphatic heterocycles. The van der Waals surface area contributed by atoms with E-state index in [-0.39, 0.29) is 24.0 Å². The zero-order chi connectivity index (χ0) is 19.7. The van der Waals surface area contributed by atoms with Crippen molar-refractivity contribution in [2.75, 3.05) is 13.7 Å². The van der Waals surface area contributed by atoms with E-state index in [2.05, 4.69) is 10.5 Å². The van der Waals surface area contributed by atoms with E-state index < -0.39 is 5.97 Å². The summed E-state index contributed by atoms with van der Waals surface area (Å²) in [5.41, 5.74) is 8.14. The number of aryl methyl sites for hydroxylation is 2. The molecule has 8 heteroatoms. The Morgan fingerprint density at radius 1 is 1.38 bits per heavy atom. The number of carboxylic acid groups (broad SMARTS) is 1. The molecule has 26 heavy (non-hydrogen) atoms. The third-order valence-corrected chi connectivity index (χ3v) is 4.59. The van der Waals surface area contributed by atoms with Gasteiger partial charge in [0.1, 0.15) is 5.76 Å². The maximum atomic E-state index is 12.2. The highest BCUT2D eigenvalue weighted by Crippen LogP contribution is 2.25. The summed E-state index contributed by atoms with van der Waals surface area (Å²) < 4.78 is 10.5. The van der Waals surface area contributed by atoms with E-state index in [4.69, 9.17) is 24.9 Å². The zero-order valence-electron chi connectivity index (χ0n) is 16.1. The quantitative estimate of drug-likeness (QED) is 0.649. The van der Waals surface area contributed by atoms with Crippen LogP contribution in [0.3, 0.4) is 0 Å². The Labute approximate surface area is 154 Å². The molecule has 1 saturated carbocycles. The summed E-state index contributed by atoms with van der Waals surface area (Å²) in [6.07, 6.45) is 4.25. The second kappa shape index (κ2) is 10.9. The van der Waals surface area contributed by atoms with Crippen LogP contribution >= 0.6 is 0 Å². The van der Waals surface area contributed by atoms with Crippen LogP contribution in [0.2, 0.25) is 0 Å². The Hall–Kier alpha value is -1.93. The van der Waals surface area contributed by atoms with E-state index >= 15 is 0 Å².